The molecule has 1 aliphatic heterocycles. The summed E-state index contributed by atoms with van der Waals surface area (Å²) in [5.41, 5.74) is 0.964. The third kappa shape index (κ3) is 2.60. The van der Waals surface area contributed by atoms with Crippen molar-refractivity contribution in [3.05, 3.63) is 29.5 Å². The number of rotatable bonds is 2. The van der Waals surface area contributed by atoms with Gasteiger partial charge in [-0.3, -0.25) is 0 Å². The fourth-order valence-electron chi connectivity index (χ4n) is 2.17. The van der Waals surface area contributed by atoms with Crippen molar-refractivity contribution in [1.82, 2.24) is 15.3 Å². The Bertz CT molecular complexity index is 555. The van der Waals surface area contributed by atoms with Gasteiger partial charge in [0, 0.05) is 15.7 Å². The fourth-order valence-corrected chi connectivity index (χ4v) is 3.53. The van der Waals surface area contributed by atoms with E-state index in [1.165, 1.54) is 12.8 Å². The van der Waals surface area contributed by atoms with Gasteiger partial charge in [-0.15, -0.1) is 11.8 Å². The molecule has 5 heteroatoms. The quantitative estimate of drug-likeness (QED) is 0.857. The Morgan fingerprint density at radius 2 is 2.06 bits per heavy atom. The third-order valence-corrected chi connectivity index (χ3v) is 4.71. The Morgan fingerprint density at radius 3 is 2.89 bits per heavy atom. The molecule has 0 atom stereocenters. The summed E-state index contributed by atoms with van der Waals surface area (Å²) >= 11 is 7.91. The van der Waals surface area contributed by atoms with Crippen molar-refractivity contribution in [1.29, 1.82) is 0 Å². The highest BCUT2D eigenvalue weighted by atomic mass is 35.5. The van der Waals surface area contributed by atoms with Crippen LogP contribution in [0, 0.1) is 0 Å². The zero-order chi connectivity index (χ0) is 12.4. The van der Waals surface area contributed by atoms with Gasteiger partial charge in [-0.2, -0.15) is 0 Å². The zero-order valence-electron chi connectivity index (χ0n) is 9.90. The molecular formula is C13H14ClN3S. The molecule has 0 radical (unpaired) electrons. The highest BCUT2D eigenvalue weighted by Crippen LogP contribution is 2.32. The molecule has 3 rings (SSSR count). The van der Waals surface area contributed by atoms with Crippen molar-refractivity contribution < 1.29 is 0 Å². The monoisotopic (exact) mass is 279 g/mol. The minimum absolute atomic E-state index is 0.642. The lowest BCUT2D eigenvalue weighted by atomic mass is 10.2. The summed E-state index contributed by atoms with van der Waals surface area (Å²) in [4.78, 5) is 8.70. The number of benzene rings is 1. The van der Waals surface area contributed by atoms with E-state index in [1.54, 1.807) is 6.33 Å². The largest absolute Gasteiger partial charge is 0.317 e. The Kier molecular flexibility index (Phi) is 3.68. The summed E-state index contributed by atoms with van der Waals surface area (Å²) in [6, 6.07) is 5.78. The normalized spacial score (nSPS) is 17.2. The first kappa shape index (κ1) is 12.2. The predicted molar refractivity (Wildman–Crippen MR) is 76.3 cm³/mol. The fraction of sp³-hybridized carbons (Fsp3) is 0.385. The second-order valence-corrected chi connectivity index (χ2v) is 6.13. The molecule has 1 N–H and O–H groups in total. The number of nitrogens with one attached hydrogen (secondary N) is 1. The molecule has 2 aromatic rings. The van der Waals surface area contributed by atoms with Crippen molar-refractivity contribution >= 4 is 34.3 Å². The van der Waals surface area contributed by atoms with Gasteiger partial charge in [0.2, 0.25) is 0 Å². The van der Waals surface area contributed by atoms with E-state index in [2.05, 4.69) is 15.3 Å². The van der Waals surface area contributed by atoms with E-state index < -0.39 is 0 Å². The lowest BCUT2D eigenvalue weighted by Crippen LogP contribution is -2.29. The van der Waals surface area contributed by atoms with Gasteiger partial charge >= 0.3 is 0 Å². The van der Waals surface area contributed by atoms with Gasteiger partial charge in [0.25, 0.3) is 0 Å². The number of aromatic nitrogens is 2. The molecule has 1 aliphatic rings. The molecule has 94 valence electrons. The predicted octanol–water partition coefficient (Wildman–Crippen LogP) is 3.13. The number of hydrogen-bond donors (Lipinski definition) is 1. The van der Waals surface area contributed by atoms with Gasteiger partial charge in [-0.25, -0.2) is 9.97 Å². The van der Waals surface area contributed by atoms with Crippen LogP contribution in [-0.2, 0) is 0 Å². The lowest BCUT2D eigenvalue weighted by Gasteiger charge is -2.21. The highest BCUT2D eigenvalue weighted by molar-refractivity contribution is 8.00. The van der Waals surface area contributed by atoms with Gasteiger partial charge in [0.1, 0.15) is 11.4 Å². The van der Waals surface area contributed by atoms with Gasteiger partial charge in [0.05, 0.1) is 5.52 Å². The van der Waals surface area contributed by atoms with Crippen LogP contribution in [0.4, 0.5) is 0 Å². The average molecular weight is 280 g/mol. The maximum Gasteiger partial charge on any atom is 0.117 e. The summed E-state index contributed by atoms with van der Waals surface area (Å²) < 4.78 is 0. The van der Waals surface area contributed by atoms with Crippen LogP contribution in [0.1, 0.15) is 12.8 Å². The molecule has 1 aromatic carbocycles. The standard InChI is InChI=1S/C13H14ClN3S/c14-9-1-2-12-11(7-9)13(17-8-16-12)18-10-3-5-15-6-4-10/h1-2,7-8,10,15H,3-6H2. The first-order chi connectivity index (χ1) is 8.83. The Labute approximate surface area is 115 Å². The van der Waals surface area contributed by atoms with Crippen molar-refractivity contribution in [2.45, 2.75) is 23.1 Å². The third-order valence-electron chi connectivity index (χ3n) is 3.13. The van der Waals surface area contributed by atoms with Crippen LogP contribution in [0.3, 0.4) is 0 Å². The molecule has 1 aromatic heterocycles. The smallest absolute Gasteiger partial charge is 0.117 e. The molecule has 0 aliphatic carbocycles. The van der Waals surface area contributed by atoms with E-state index in [9.17, 15) is 0 Å². The number of piperidine rings is 1. The van der Waals surface area contributed by atoms with E-state index in [4.69, 9.17) is 11.6 Å². The van der Waals surface area contributed by atoms with Crippen LogP contribution in [0.2, 0.25) is 5.02 Å². The SMILES string of the molecule is Clc1ccc2ncnc(SC3CCNCC3)c2c1. The van der Waals surface area contributed by atoms with Crippen molar-refractivity contribution in [2.75, 3.05) is 13.1 Å². The first-order valence-corrected chi connectivity index (χ1v) is 7.36. The van der Waals surface area contributed by atoms with E-state index in [0.29, 0.717) is 5.25 Å². The maximum absolute atomic E-state index is 6.06. The van der Waals surface area contributed by atoms with E-state index >= 15 is 0 Å². The minimum Gasteiger partial charge on any atom is -0.317 e. The highest BCUT2D eigenvalue weighted by Gasteiger charge is 2.16. The van der Waals surface area contributed by atoms with Crippen LogP contribution >= 0.6 is 23.4 Å². The van der Waals surface area contributed by atoms with Crippen LogP contribution in [0.5, 0.6) is 0 Å². The van der Waals surface area contributed by atoms with Crippen LogP contribution in [0.15, 0.2) is 29.6 Å². The molecule has 0 amide bonds. The van der Waals surface area contributed by atoms with Crippen molar-refractivity contribution in [3.8, 4) is 0 Å². The Hall–Kier alpha value is -0.840. The van der Waals surface area contributed by atoms with Gasteiger partial charge in [-0.05, 0) is 44.1 Å². The van der Waals surface area contributed by atoms with E-state index in [0.717, 1.165) is 34.0 Å². The maximum atomic E-state index is 6.06. The number of fused-ring (bicyclic) bond motifs is 1. The second-order valence-electron chi connectivity index (χ2n) is 4.41. The number of thioether (sulfide) groups is 1. The molecule has 0 unspecified atom stereocenters. The summed E-state index contributed by atoms with van der Waals surface area (Å²) in [6.45, 7) is 2.20. The minimum atomic E-state index is 0.642. The van der Waals surface area contributed by atoms with E-state index in [-0.39, 0.29) is 0 Å². The Balaban J connectivity index is 1.92. The molecule has 1 fully saturated rings. The summed E-state index contributed by atoms with van der Waals surface area (Å²) in [7, 11) is 0. The van der Waals surface area contributed by atoms with Crippen LogP contribution < -0.4 is 5.32 Å². The van der Waals surface area contributed by atoms with Gasteiger partial charge in [0.15, 0.2) is 0 Å². The van der Waals surface area contributed by atoms with Gasteiger partial charge in [-0.1, -0.05) is 11.6 Å². The molecular weight excluding hydrogens is 266 g/mol. The number of hydrogen-bond acceptors (Lipinski definition) is 4. The van der Waals surface area contributed by atoms with E-state index in [1.807, 2.05) is 30.0 Å². The van der Waals surface area contributed by atoms with Gasteiger partial charge < -0.3 is 5.32 Å². The molecule has 0 bridgehead atoms. The summed E-state index contributed by atoms with van der Waals surface area (Å²) in [5, 5.41) is 6.88. The lowest BCUT2D eigenvalue weighted by molar-refractivity contribution is 0.531. The number of halogens is 1. The zero-order valence-corrected chi connectivity index (χ0v) is 11.5. The summed E-state index contributed by atoms with van der Waals surface area (Å²) in [5.74, 6) is 0. The molecule has 18 heavy (non-hydrogen) atoms. The molecule has 2 heterocycles. The Morgan fingerprint density at radius 1 is 1.22 bits per heavy atom. The second kappa shape index (κ2) is 5.43. The topological polar surface area (TPSA) is 37.8 Å². The molecule has 0 saturated carbocycles. The van der Waals surface area contributed by atoms with Crippen molar-refractivity contribution in [2.24, 2.45) is 0 Å². The molecule has 3 nitrogen and oxygen atoms in total. The molecule has 0 spiro atoms. The number of nitrogens with zero attached hydrogens (tertiary/aromatic N) is 2. The summed E-state index contributed by atoms with van der Waals surface area (Å²) in [6.07, 6.45) is 4.02. The van der Waals surface area contributed by atoms with Crippen LogP contribution in [0.25, 0.3) is 10.9 Å². The first-order valence-electron chi connectivity index (χ1n) is 6.10. The van der Waals surface area contributed by atoms with Crippen molar-refractivity contribution in [3.63, 3.8) is 0 Å². The molecule has 1 saturated heterocycles. The average Bonchev–Trinajstić information content (AvgIpc) is 2.41. The van der Waals surface area contributed by atoms with Crippen LogP contribution in [-0.4, -0.2) is 28.3 Å².